The number of anilines is 1. The van der Waals surface area contributed by atoms with Crippen LogP contribution >= 0.6 is 0 Å². The van der Waals surface area contributed by atoms with Crippen LogP contribution in [0.25, 0.3) is 0 Å². The Labute approximate surface area is 131 Å². The lowest BCUT2D eigenvalue weighted by molar-refractivity contribution is 0.0963. The minimum atomic E-state index is -0.108. The summed E-state index contributed by atoms with van der Waals surface area (Å²) < 4.78 is 0. The number of nitrogens with zero attached hydrogens (tertiary/aromatic N) is 1. The van der Waals surface area contributed by atoms with Gasteiger partial charge in [-0.1, -0.05) is 30.3 Å². The molecule has 1 aliphatic carbocycles. The van der Waals surface area contributed by atoms with Gasteiger partial charge in [0.1, 0.15) is 5.82 Å². The van der Waals surface area contributed by atoms with Crippen molar-refractivity contribution in [2.45, 2.75) is 19.3 Å². The molecule has 0 unspecified atom stereocenters. The average Bonchev–Trinajstić information content (AvgIpc) is 3.33. The van der Waals surface area contributed by atoms with Crippen LogP contribution in [0.1, 0.15) is 28.8 Å². The third-order valence-corrected chi connectivity index (χ3v) is 4.29. The molecule has 114 valence electrons. The number of aromatic nitrogens is 1. The first-order valence-electron chi connectivity index (χ1n) is 7.67. The van der Waals surface area contributed by atoms with E-state index >= 15 is 0 Å². The summed E-state index contributed by atoms with van der Waals surface area (Å²) in [5, 5.41) is 6.03. The molecule has 1 aromatic carbocycles. The van der Waals surface area contributed by atoms with Gasteiger partial charge in [-0.15, -0.1) is 0 Å². The smallest absolute Gasteiger partial charge is 0.254 e. The number of hydrogen-bond acceptors (Lipinski definition) is 3. The van der Waals surface area contributed by atoms with E-state index in [1.807, 2.05) is 6.07 Å². The molecule has 0 bridgehead atoms. The molecule has 2 aromatic rings. The fourth-order valence-corrected chi connectivity index (χ4v) is 2.76. The van der Waals surface area contributed by atoms with Gasteiger partial charge in [0, 0.05) is 19.8 Å². The maximum Gasteiger partial charge on any atom is 0.254 e. The predicted octanol–water partition coefficient (Wildman–Crippen LogP) is 2.88. The van der Waals surface area contributed by atoms with Crippen molar-refractivity contribution in [2.75, 3.05) is 18.9 Å². The van der Waals surface area contributed by atoms with Crippen molar-refractivity contribution in [3.63, 3.8) is 0 Å². The van der Waals surface area contributed by atoms with Gasteiger partial charge in [0.2, 0.25) is 0 Å². The van der Waals surface area contributed by atoms with E-state index in [4.69, 9.17) is 0 Å². The summed E-state index contributed by atoms with van der Waals surface area (Å²) in [4.78, 5) is 16.2. The van der Waals surface area contributed by atoms with Gasteiger partial charge in [0.25, 0.3) is 5.91 Å². The first-order valence-corrected chi connectivity index (χ1v) is 7.67. The van der Waals surface area contributed by atoms with Gasteiger partial charge >= 0.3 is 0 Å². The van der Waals surface area contributed by atoms with E-state index in [-0.39, 0.29) is 5.91 Å². The summed E-state index contributed by atoms with van der Waals surface area (Å²) in [5.41, 5.74) is 2.27. The summed E-state index contributed by atoms with van der Waals surface area (Å²) in [5.74, 6) is 0.560. The lowest BCUT2D eigenvalue weighted by Gasteiger charge is -2.17. The van der Waals surface area contributed by atoms with E-state index in [0.717, 1.165) is 13.0 Å². The normalized spacial score (nSPS) is 15.1. The molecule has 3 rings (SSSR count). The van der Waals surface area contributed by atoms with Gasteiger partial charge in [-0.05, 0) is 42.4 Å². The van der Waals surface area contributed by atoms with Crippen molar-refractivity contribution in [2.24, 2.45) is 5.41 Å². The first kappa shape index (κ1) is 14.6. The summed E-state index contributed by atoms with van der Waals surface area (Å²) in [6, 6.07) is 14.2. The number of carbonyl (C=O) groups excluding carboxylic acids is 1. The zero-order chi connectivity index (χ0) is 15.4. The van der Waals surface area contributed by atoms with Crippen molar-refractivity contribution in [3.8, 4) is 0 Å². The topological polar surface area (TPSA) is 54.0 Å². The Morgan fingerprint density at radius 1 is 1.18 bits per heavy atom. The van der Waals surface area contributed by atoms with Gasteiger partial charge in [-0.3, -0.25) is 4.79 Å². The lowest BCUT2D eigenvalue weighted by atomic mass is 9.96. The monoisotopic (exact) mass is 295 g/mol. The Bertz CT molecular complexity index is 650. The molecule has 0 aliphatic heterocycles. The van der Waals surface area contributed by atoms with Crippen LogP contribution in [0.4, 0.5) is 5.82 Å². The SMILES string of the molecule is CNC(=O)c1cccnc1NCC1(Cc2ccccc2)CC1. The maximum atomic E-state index is 11.9. The fraction of sp³-hybridized carbons (Fsp3) is 0.333. The van der Waals surface area contributed by atoms with E-state index in [2.05, 4.69) is 39.9 Å². The maximum absolute atomic E-state index is 11.9. The zero-order valence-electron chi connectivity index (χ0n) is 12.8. The molecule has 0 atom stereocenters. The molecular weight excluding hydrogens is 274 g/mol. The van der Waals surface area contributed by atoms with E-state index in [0.29, 0.717) is 16.8 Å². The summed E-state index contributed by atoms with van der Waals surface area (Å²) >= 11 is 0. The van der Waals surface area contributed by atoms with Crippen LogP contribution in [-0.2, 0) is 6.42 Å². The second-order valence-corrected chi connectivity index (χ2v) is 5.99. The Morgan fingerprint density at radius 2 is 1.95 bits per heavy atom. The molecule has 1 heterocycles. The van der Waals surface area contributed by atoms with E-state index < -0.39 is 0 Å². The molecule has 1 aliphatic rings. The van der Waals surface area contributed by atoms with Crippen molar-refractivity contribution >= 4 is 11.7 Å². The molecule has 1 aromatic heterocycles. The second-order valence-electron chi connectivity index (χ2n) is 5.99. The highest BCUT2D eigenvalue weighted by Crippen LogP contribution is 2.48. The Morgan fingerprint density at radius 3 is 2.64 bits per heavy atom. The van der Waals surface area contributed by atoms with Gasteiger partial charge in [-0.25, -0.2) is 4.98 Å². The van der Waals surface area contributed by atoms with Gasteiger partial charge < -0.3 is 10.6 Å². The Kier molecular flexibility index (Phi) is 4.09. The van der Waals surface area contributed by atoms with Crippen molar-refractivity contribution in [1.82, 2.24) is 10.3 Å². The minimum Gasteiger partial charge on any atom is -0.369 e. The number of benzene rings is 1. The number of rotatable bonds is 6. The number of carbonyl (C=O) groups is 1. The van der Waals surface area contributed by atoms with Crippen LogP contribution in [-0.4, -0.2) is 24.5 Å². The highest BCUT2D eigenvalue weighted by Gasteiger charge is 2.42. The predicted molar refractivity (Wildman–Crippen MR) is 87.9 cm³/mol. The summed E-state index contributed by atoms with van der Waals surface area (Å²) in [6.07, 6.45) is 5.22. The van der Waals surface area contributed by atoms with E-state index in [1.165, 1.54) is 18.4 Å². The van der Waals surface area contributed by atoms with E-state index in [9.17, 15) is 4.79 Å². The van der Waals surface area contributed by atoms with Crippen LogP contribution in [0.3, 0.4) is 0 Å². The van der Waals surface area contributed by atoms with Crippen LogP contribution in [0.2, 0.25) is 0 Å². The number of pyridine rings is 1. The van der Waals surface area contributed by atoms with Crippen molar-refractivity contribution < 1.29 is 4.79 Å². The molecule has 1 fully saturated rings. The van der Waals surface area contributed by atoms with Crippen LogP contribution in [0, 0.1) is 5.41 Å². The standard InChI is InChI=1S/C18H21N3O/c1-19-17(22)15-8-5-11-20-16(15)21-13-18(9-10-18)12-14-6-3-2-4-7-14/h2-8,11H,9-10,12-13H2,1H3,(H,19,22)(H,20,21). The van der Waals surface area contributed by atoms with Crippen LogP contribution in [0.15, 0.2) is 48.7 Å². The minimum absolute atomic E-state index is 0.108. The third-order valence-electron chi connectivity index (χ3n) is 4.29. The largest absolute Gasteiger partial charge is 0.369 e. The molecule has 0 spiro atoms. The molecule has 4 nitrogen and oxygen atoms in total. The molecule has 2 N–H and O–H groups in total. The molecule has 22 heavy (non-hydrogen) atoms. The van der Waals surface area contributed by atoms with Crippen molar-refractivity contribution in [3.05, 3.63) is 59.8 Å². The number of amides is 1. The quantitative estimate of drug-likeness (QED) is 0.861. The van der Waals surface area contributed by atoms with Gasteiger partial charge in [0.05, 0.1) is 5.56 Å². The molecule has 1 amide bonds. The van der Waals surface area contributed by atoms with Crippen LogP contribution < -0.4 is 10.6 Å². The fourth-order valence-electron chi connectivity index (χ4n) is 2.76. The molecule has 1 saturated carbocycles. The summed E-state index contributed by atoms with van der Waals surface area (Å²) in [6.45, 7) is 0.850. The zero-order valence-corrected chi connectivity index (χ0v) is 12.8. The molecule has 0 saturated heterocycles. The highest BCUT2D eigenvalue weighted by molar-refractivity contribution is 5.98. The third kappa shape index (κ3) is 3.27. The van der Waals surface area contributed by atoms with Crippen molar-refractivity contribution in [1.29, 1.82) is 0 Å². The first-order chi connectivity index (χ1) is 10.7. The molecule has 0 radical (unpaired) electrons. The van der Waals surface area contributed by atoms with Gasteiger partial charge in [-0.2, -0.15) is 0 Å². The Hall–Kier alpha value is -2.36. The molecular formula is C18H21N3O. The average molecular weight is 295 g/mol. The summed E-state index contributed by atoms with van der Waals surface area (Å²) in [7, 11) is 1.64. The number of nitrogens with one attached hydrogen (secondary N) is 2. The highest BCUT2D eigenvalue weighted by atomic mass is 16.1. The second kappa shape index (κ2) is 6.18. The van der Waals surface area contributed by atoms with Crippen LogP contribution in [0.5, 0.6) is 0 Å². The Balaban J connectivity index is 1.67. The molecule has 4 heteroatoms. The van der Waals surface area contributed by atoms with E-state index in [1.54, 1.807) is 25.4 Å². The lowest BCUT2D eigenvalue weighted by Crippen LogP contribution is -2.23. The number of hydrogen-bond donors (Lipinski definition) is 2. The van der Waals surface area contributed by atoms with Gasteiger partial charge in [0.15, 0.2) is 0 Å².